The second-order valence-corrected chi connectivity index (χ2v) is 4.58. The minimum absolute atomic E-state index is 0.442. The van der Waals surface area contributed by atoms with E-state index in [4.69, 9.17) is 5.11 Å². The van der Waals surface area contributed by atoms with E-state index in [1.54, 1.807) is 6.92 Å². The maximum atomic E-state index is 11.1. The average Bonchev–Trinajstić information content (AvgIpc) is 2.54. The molecule has 86 valence electrons. The molecule has 0 spiro atoms. The van der Waals surface area contributed by atoms with Gasteiger partial charge in [0.05, 0.1) is 5.92 Å². The number of hydrogen-bond donors (Lipinski definition) is 1. The van der Waals surface area contributed by atoms with Crippen LogP contribution in [0.25, 0.3) is 0 Å². The third-order valence-electron chi connectivity index (χ3n) is 3.52. The van der Waals surface area contributed by atoms with Crippen molar-refractivity contribution >= 4 is 11.7 Å². The van der Waals surface area contributed by atoms with Crippen LogP contribution in [0.2, 0.25) is 0 Å². The van der Waals surface area contributed by atoms with E-state index in [1.165, 1.54) is 5.56 Å². The molecule has 16 heavy (non-hydrogen) atoms. The molecule has 0 amide bonds. The first-order valence-corrected chi connectivity index (χ1v) is 5.59. The quantitative estimate of drug-likeness (QED) is 0.829. The maximum Gasteiger partial charge on any atom is 0.310 e. The molecule has 3 nitrogen and oxygen atoms in total. The molecule has 1 aliphatic heterocycles. The molecule has 0 aromatic heterocycles. The normalized spacial score (nSPS) is 20.7. The third-order valence-corrected chi connectivity index (χ3v) is 3.52. The van der Waals surface area contributed by atoms with E-state index in [9.17, 15) is 4.79 Å². The van der Waals surface area contributed by atoms with E-state index in [0.29, 0.717) is 6.04 Å². The predicted octanol–water partition coefficient (Wildman–Crippen LogP) is 2.26. The van der Waals surface area contributed by atoms with Gasteiger partial charge in [0.1, 0.15) is 0 Å². The first-order chi connectivity index (χ1) is 7.52. The Morgan fingerprint density at radius 3 is 2.88 bits per heavy atom. The molecule has 2 rings (SSSR count). The van der Waals surface area contributed by atoms with Crippen LogP contribution in [0.4, 0.5) is 5.69 Å². The summed E-state index contributed by atoms with van der Waals surface area (Å²) in [7, 11) is 2.04. The van der Waals surface area contributed by atoms with Gasteiger partial charge in [0.15, 0.2) is 0 Å². The van der Waals surface area contributed by atoms with Gasteiger partial charge >= 0.3 is 5.97 Å². The number of hydrogen-bond acceptors (Lipinski definition) is 2. The fourth-order valence-corrected chi connectivity index (χ4v) is 2.36. The van der Waals surface area contributed by atoms with Gasteiger partial charge in [-0.15, -0.1) is 0 Å². The molecule has 2 atom stereocenters. The lowest BCUT2D eigenvalue weighted by Crippen LogP contribution is -2.25. The zero-order valence-electron chi connectivity index (χ0n) is 9.90. The highest BCUT2D eigenvalue weighted by Gasteiger charge is 2.28. The van der Waals surface area contributed by atoms with Crippen LogP contribution in [0.5, 0.6) is 0 Å². The van der Waals surface area contributed by atoms with Crippen molar-refractivity contribution in [2.24, 2.45) is 0 Å². The molecule has 0 saturated carbocycles. The fourth-order valence-electron chi connectivity index (χ4n) is 2.36. The zero-order chi connectivity index (χ0) is 11.9. The summed E-state index contributed by atoms with van der Waals surface area (Å²) < 4.78 is 0. The van der Waals surface area contributed by atoms with Gasteiger partial charge in [-0.25, -0.2) is 0 Å². The molecule has 1 aliphatic rings. The van der Waals surface area contributed by atoms with Crippen molar-refractivity contribution in [3.8, 4) is 0 Å². The number of fused-ring (bicyclic) bond motifs is 1. The average molecular weight is 219 g/mol. The topological polar surface area (TPSA) is 40.5 Å². The van der Waals surface area contributed by atoms with E-state index in [-0.39, 0.29) is 0 Å². The molecule has 1 N–H and O–H groups in total. The van der Waals surface area contributed by atoms with Gasteiger partial charge in [0.2, 0.25) is 0 Å². The molecule has 0 saturated heterocycles. The van der Waals surface area contributed by atoms with Gasteiger partial charge in [-0.3, -0.25) is 4.79 Å². The van der Waals surface area contributed by atoms with Crippen LogP contribution in [0.1, 0.15) is 30.9 Å². The summed E-state index contributed by atoms with van der Waals surface area (Å²) >= 11 is 0. The maximum absolute atomic E-state index is 11.1. The molecular formula is C13H17NO2. The number of nitrogens with zero attached hydrogens (tertiary/aromatic N) is 1. The molecule has 1 heterocycles. The van der Waals surface area contributed by atoms with Gasteiger partial charge in [-0.05, 0) is 31.4 Å². The van der Waals surface area contributed by atoms with Crippen LogP contribution < -0.4 is 4.90 Å². The smallest absolute Gasteiger partial charge is 0.310 e. The van der Waals surface area contributed by atoms with Gasteiger partial charge in [0.25, 0.3) is 0 Å². The van der Waals surface area contributed by atoms with Crippen LogP contribution >= 0.6 is 0 Å². The molecule has 1 aromatic rings. The first-order valence-electron chi connectivity index (χ1n) is 5.59. The molecule has 0 aliphatic carbocycles. The number of para-hydroxylation sites is 1. The van der Waals surface area contributed by atoms with E-state index in [2.05, 4.69) is 17.9 Å². The van der Waals surface area contributed by atoms with Crippen molar-refractivity contribution in [2.45, 2.75) is 32.2 Å². The Labute approximate surface area is 95.7 Å². The second kappa shape index (κ2) is 3.81. The summed E-state index contributed by atoms with van der Waals surface area (Å²) in [4.78, 5) is 13.3. The fraction of sp³-hybridized carbons (Fsp3) is 0.462. The zero-order valence-corrected chi connectivity index (χ0v) is 9.90. The van der Waals surface area contributed by atoms with Crippen molar-refractivity contribution in [3.63, 3.8) is 0 Å². The highest BCUT2D eigenvalue weighted by atomic mass is 16.4. The Bertz CT molecular complexity index is 428. The largest absolute Gasteiger partial charge is 0.481 e. The van der Waals surface area contributed by atoms with Gasteiger partial charge in [-0.1, -0.05) is 18.2 Å². The molecule has 1 aromatic carbocycles. The van der Waals surface area contributed by atoms with Crippen molar-refractivity contribution in [2.75, 3.05) is 11.9 Å². The number of likely N-dealkylation sites (N-methyl/N-ethyl adjacent to an activating group) is 1. The Balaban J connectivity index is 2.50. The SMILES string of the molecule is CC(C(=O)O)c1cccc2c1N(C)C(C)C2. The van der Waals surface area contributed by atoms with E-state index >= 15 is 0 Å². The van der Waals surface area contributed by atoms with Gasteiger partial charge < -0.3 is 10.0 Å². The predicted molar refractivity (Wildman–Crippen MR) is 64.1 cm³/mol. The molecule has 0 fully saturated rings. The van der Waals surface area contributed by atoms with Crippen molar-refractivity contribution in [1.29, 1.82) is 0 Å². The Morgan fingerprint density at radius 2 is 2.25 bits per heavy atom. The molecule has 3 heteroatoms. The van der Waals surface area contributed by atoms with E-state index in [0.717, 1.165) is 17.7 Å². The number of rotatable bonds is 2. The first kappa shape index (κ1) is 11.0. The number of carboxylic acids is 1. The summed E-state index contributed by atoms with van der Waals surface area (Å²) in [5.41, 5.74) is 3.31. The third kappa shape index (κ3) is 1.56. The van der Waals surface area contributed by atoms with E-state index in [1.807, 2.05) is 19.2 Å². The van der Waals surface area contributed by atoms with Crippen LogP contribution in [0, 0.1) is 0 Å². The van der Waals surface area contributed by atoms with Crippen LogP contribution in [0.3, 0.4) is 0 Å². The summed E-state index contributed by atoms with van der Waals surface area (Å²) in [5, 5.41) is 9.10. The number of aliphatic carboxylic acids is 1. The monoisotopic (exact) mass is 219 g/mol. The summed E-state index contributed by atoms with van der Waals surface area (Å²) in [6.07, 6.45) is 1.01. The minimum Gasteiger partial charge on any atom is -0.481 e. The molecule has 0 bridgehead atoms. The van der Waals surface area contributed by atoms with Crippen LogP contribution in [0.15, 0.2) is 18.2 Å². The van der Waals surface area contributed by atoms with Crippen molar-refractivity contribution in [1.82, 2.24) is 0 Å². The summed E-state index contributed by atoms with van der Waals surface area (Å²) in [6.45, 7) is 3.91. The summed E-state index contributed by atoms with van der Waals surface area (Å²) in [6, 6.07) is 6.43. The lowest BCUT2D eigenvalue weighted by atomic mass is 9.96. The highest BCUT2D eigenvalue weighted by Crippen LogP contribution is 2.37. The van der Waals surface area contributed by atoms with Crippen LogP contribution in [-0.2, 0) is 11.2 Å². The standard InChI is InChI=1S/C13H17NO2/c1-8-7-10-5-4-6-11(9(2)13(15)16)12(10)14(8)3/h4-6,8-9H,7H2,1-3H3,(H,15,16). The second-order valence-electron chi connectivity index (χ2n) is 4.58. The lowest BCUT2D eigenvalue weighted by molar-refractivity contribution is -0.138. The van der Waals surface area contributed by atoms with Gasteiger partial charge in [-0.2, -0.15) is 0 Å². The summed E-state index contributed by atoms with van der Waals surface area (Å²) in [5.74, 6) is -1.20. The Kier molecular flexibility index (Phi) is 2.62. The number of carbonyl (C=O) groups is 1. The van der Waals surface area contributed by atoms with Gasteiger partial charge in [0, 0.05) is 18.8 Å². The Morgan fingerprint density at radius 1 is 1.56 bits per heavy atom. The number of anilines is 1. The number of carboxylic acid groups (broad SMARTS) is 1. The molecular weight excluding hydrogens is 202 g/mol. The van der Waals surface area contributed by atoms with Crippen molar-refractivity contribution in [3.05, 3.63) is 29.3 Å². The Hall–Kier alpha value is -1.51. The van der Waals surface area contributed by atoms with E-state index < -0.39 is 11.9 Å². The minimum atomic E-state index is -0.763. The van der Waals surface area contributed by atoms with Crippen molar-refractivity contribution < 1.29 is 9.90 Å². The highest BCUT2D eigenvalue weighted by molar-refractivity contribution is 5.80. The number of benzene rings is 1. The van der Waals surface area contributed by atoms with Crippen LogP contribution in [-0.4, -0.2) is 24.2 Å². The molecule has 0 radical (unpaired) electrons. The lowest BCUT2D eigenvalue weighted by Gasteiger charge is -2.22. The molecule has 2 unspecified atom stereocenters.